The van der Waals surface area contributed by atoms with Gasteiger partial charge >= 0.3 is 5.97 Å². The van der Waals surface area contributed by atoms with Crippen LogP contribution < -0.4 is 0 Å². The van der Waals surface area contributed by atoms with E-state index < -0.39 is 0 Å². The third kappa shape index (κ3) is 41.3. The highest BCUT2D eigenvalue weighted by Gasteiger charge is 2.03. The van der Waals surface area contributed by atoms with E-state index >= 15 is 0 Å². The van der Waals surface area contributed by atoms with Crippen LogP contribution in [0.5, 0.6) is 0 Å². The highest BCUT2D eigenvalue weighted by molar-refractivity contribution is 5.69. The zero-order valence-corrected chi connectivity index (χ0v) is 32.9. The van der Waals surface area contributed by atoms with Crippen molar-refractivity contribution in [1.82, 2.24) is 0 Å². The standard InChI is InChI=1S/C45H88O2/c1-4-6-7-8-9-10-11-12-13-17-21-24-27-30-33-36-39-42-45(46)47-43-40-37-34-31-28-25-22-19-16-14-15-18-20-23-26-29-32-35-38-41-44(3)5-2/h12-13,44H,4-11,14-43H2,1-3H3. The van der Waals surface area contributed by atoms with Gasteiger partial charge in [0.2, 0.25) is 0 Å². The Labute approximate surface area is 297 Å². The predicted octanol–water partition coefficient (Wildman–Crippen LogP) is 16.2. The van der Waals surface area contributed by atoms with Crippen LogP contribution >= 0.6 is 0 Å². The molecule has 280 valence electrons. The fourth-order valence-electron chi connectivity index (χ4n) is 6.76. The normalized spacial score (nSPS) is 12.3. The van der Waals surface area contributed by atoms with Crippen LogP contribution in [0.15, 0.2) is 12.2 Å². The Morgan fingerprint density at radius 1 is 0.447 bits per heavy atom. The van der Waals surface area contributed by atoms with E-state index in [2.05, 4.69) is 32.9 Å². The molecular weight excluding hydrogens is 572 g/mol. The second-order valence-electron chi connectivity index (χ2n) is 15.3. The van der Waals surface area contributed by atoms with E-state index in [1.165, 1.54) is 218 Å². The van der Waals surface area contributed by atoms with Crippen LogP contribution in [0.3, 0.4) is 0 Å². The molecule has 1 atom stereocenters. The number of hydrogen-bond donors (Lipinski definition) is 0. The van der Waals surface area contributed by atoms with E-state index in [0.717, 1.165) is 18.8 Å². The summed E-state index contributed by atoms with van der Waals surface area (Å²) >= 11 is 0. The van der Waals surface area contributed by atoms with Gasteiger partial charge < -0.3 is 4.74 Å². The number of allylic oxidation sites excluding steroid dienone is 2. The van der Waals surface area contributed by atoms with Gasteiger partial charge in [-0.2, -0.15) is 0 Å². The molecule has 0 aliphatic carbocycles. The Balaban J connectivity index is 3.18. The van der Waals surface area contributed by atoms with Crippen molar-refractivity contribution < 1.29 is 9.53 Å². The van der Waals surface area contributed by atoms with Gasteiger partial charge in [-0.1, -0.05) is 226 Å². The molecule has 2 heteroatoms. The van der Waals surface area contributed by atoms with Crippen molar-refractivity contribution in [3.8, 4) is 0 Å². The van der Waals surface area contributed by atoms with E-state index in [0.29, 0.717) is 13.0 Å². The average Bonchev–Trinajstić information content (AvgIpc) is 3.08. The van der Waals surface area contributed by atoms with Gasteiger partial charge in [0.05, 0.1) is 6.61 Å². The van der Waals surface area contributed by atoms with E-state index in [-0.39, 0.29) is 5.97 Å². The number of ether oxygens (including phenoxy) is 1. The molecule has 0 aliphatic rings. The molecule has 0 radical (unpaired) electrons. The summed E-state index contributed by atoms with van der Waals surface area (Å²) in [6, 6.07) is 0. The lowest BCUT2D eigenvalue weighted by Crippen LogP contribution is -2.05. The average molecular weight is 661 g/mol. The van der Waals surface area contributed by atoms with E-state index in [1.54, 1.807) is 0 Å². The highest BCUT2D eigenvalue weighted by atomic mass is 16.5. The summed E-state index contributed by atoms with van der Waals surface area (Å²) in [5.41, 5.74) is 0. The molecule has 0 aromatic carbocycles. The molecule has 0 aliphatic heterocycles. The third-order valence-corrected chi connectivity index (χ3v) is 10.4. The minimum atomic E-state index is 0.0241. The van der Waals surface area contributed by atoms with Gasteiger partial charge in [-0.15, -0.1) is 0 Å². The molecule has 0 heterocycles. The fraction of sp³-hybridized carbons (Fsp3) is 0.933. The van der Waals surface area contributed by atoms with Crippen LogP contribution in [0.2, 0.25) is 0 Å². The molecule has 0 fully saturated rings. The maximum absolute atomic E-state index is 12.0. The quantitative estimate of drug-likeness (QED) is 0.0371. The van der Waals surface area contributed by atoms with Crippen LogP contribution in [-0.4, -0.2) is 12.6 Å². The van der Waals surface area contributed by atoms with Gasteiger partial charge in [0, 0.05) is 6.42 Å². The molecule has 0 aromatic rings. The summed E-state index contributed by atoms with van der Waals surface area (Å²) in [6.07, 6.45) is 54.4. The van der Waals surface area contributed by atoms with E-state index in [9.17, 15) is 4.79 Å². The van der Waals surface area contributed by atoms with Gasteiger partial charge in [0.25, 0.3) is 0 Å². The van der Waals surface area contributed by atoms with Crippen molar-refractivity contribution >= 4 is 5.97 Å². The number of hydrogen-bond acceptors (Lipinski definition) is 2. The number of esters is 1. The molecular formula is C45H88O2. The number of carbonyl (C=O) groups excluding carboxylic acids is 1. The Morgan fingerprint density at radius 2 is 0.787 bits per heavy atom. The minimum Gasteiger partial charge on any atom is -0.466 e. The number of carbonyl (C=O) groups is 1. The summed E-state index contributed by atoms with van der Waals surface area (Å²) in [7, 11) is 0. The summed E-state index contributed by atoms with van der Waals surface area (Å²) in [5.74, 6) is 0.957. The van der Waals surface area contributed by atoms with Gasteiger partial charge in [0.15, 0.2) is 0 Å². The number of unbranched alkanes of at least 4 members (excludes halogenated alkanes) is 31. The summed E-state index contributed by atoms with van der Waals surface area (Å²) in [5, 5.41) is 0. The third-order valence-electron chi connectivity index (χ3n) is 10.4. The second-order valence-corrected chi connectivity index (χ2v) is 15.3. The molecule has 1 unspecified atom stereocenters. The van der Waals surface area contributed by atoms with Gasteiger partial charge in [0.1, 0.15) is 0 Å². The second kappa shape index (κ2) is 41.4. The van der Waals surface area contributed by atoms with Crippen LogP contribution in [-0.2, 0) is 9.53 Å². The summed E-state index contributed by atoms with van der Waals surface area (Å²) < 4.78 is 5.47. The van der Waals surface area contributed by atoms with Crippen molar-refractivity contribution in [1.29, 1.82) is 0 Å². The maximum Gasteiger partial charge on any atom is 0.305 e. The first-order valence-electron chi connectivity index (χ1n) is 22.0. The topological polar surface area (TPSA) is 26.3 Å². The van der Waals surface area contributed by atoms with Crippen molar-refractivity contribution in [3.63, 3.8) is 0 Å². The molecule has 47 heavy (non-hydrogen) atoms. The van der Waals surface area contributed by atoms with Crippen molar-refractivity contribution in [2.45, 2.75) is 258 Å². The van der Waals surface area contributed by atoms with Gasteiger partial charge in [-0.05, 0) is 44.4 Å². The summed E-state index contributed by atoms with van der Waals surface area (Å²) in [4.78, 5) is 12.0. The molecule has 0 bridgehead atoms. The van der Waals surface area contributed by atoms with Gasteiger partial charge in [-0.25, -0.2) is 0 Å². The fourth-order valence-corrected chi connectivity index (χ4v) is 6.76. The van der Waals surface area contributed by atoms with Crippen molar-refractivity contribution in [2.75, 3.05) is 6.61 Å². The number of rotatable bonds is 40. The summed E-state index contributed by atoms with van der Waals surface area (Å²) in [6.45, 7) is 7.63. The van der Waals surface area contributed by atoms with E-state index in [4.69, 9.17) is 4.74 Å². The van der Waals surface area contributed by atoms with E-state index in [1.807, 2.05) is 0 Å². The van der Waals surface area contributed by atoms with Crippen LogP contribution in [0.4, 0.5) is 0 Å². The molecule has 0 N–H and O–H groups in total. The van der Waals surface area contributed by atoms with Crippen molar-refractivity contribution in [3.05, 3.63) is 12.2 Å². The smallest absolute Gasteiger partial charge is 0.305 e. The highest BCUT2D eigenvalue weighted by Crippen LogP contribution is 2.17. The SMILES string of the molecule is CCCCCCCCC=CCCCCCCCCCC(=O)OCCCCCCCCCCCCCCCCCCCCCC(C)CC. The molecule has 0 aromatic heterocycles. The molecule has 0 spiro atoms. The Hall–Kier alpha value is -0.790. The molecule has 0 rings (SSSR count). The Bertz CT molecular complexity index is 611. The molecule has 0 amide bonds. The molecule has 0 saturated carbocycles. The van der Waals surface area contributed by atoms with Gasteiger partial charge in [-0.3, -0.25) is 4.79 Å². The lowest BCUT2D eigenvalue weighted by molar-refractivity contribution is -0.143. The minimum absolute atomic E-state index is 0.0241. The zero-order chi connectivity index (χ0) is 34.1. The maximum atomic E-state index is 12.0. The lowest BCUT2D eigenvalue weighted by atomic mass is 9.99. The predicted molar refractivity (Wildman–Crippen MR) is 211 cm³/mol. The monoisotopic (exact) mass is 661 g/mol. The first-order valence-corrected chi connectivity index (χ1v) is 22.0. The zero-order valence-electron chi connectivity index (χ0n) is 32.9. The molecule has 2 nitrogen and oxygen atoms in total. The first-order chi connectivity index (χ1) is 23.2. The van der Waals surface area contributed by atoms with Crippen molar-refractivity contribution in [2.24, 2.45) is 5.92 Å². The first kappa shape index (κ1) is 46.2. The van der Waals surface area contributed by atoms with Crippen LogP contribution in [0, 0.1) is 5.92 Å². The molecule has 0 saturated heterocycles. The largest absolute Gasteiger partial charge is 0.466 e. The van der Waals surface area contributed by atoms with Crippen LogP contribution in [0.25, 0.3) is 0 Å². The Morgan fingerprint density at radius 3 is 1.19 bits per heavy atom. The lowest BCUT2D eigenvalue weighted by Gasteiger charge is -2.07. The Kier molecular flexibility index (Phi) is 40.7. The van der Waals surface area contributed by atoms with Crippen LogP contribution in [0.1, 0.15) is 258 Å².